The summed E-state index contributed by atoms with van der Waals surface area (Å²) in [6, 6.07) is 43.2. The van der Waals surface area contributed by atoms with Gasteiger partial charge < -0.3 is 15.5 Å². The number of hydrogen-bond donors (Lipinski definition) is 4. The van der Waals surface area contributed by atoms with Gasteiger partial charge in [-0.1, -0.05) is 96.5 Å². The fourth-order valence-electron chi connectivity index (χ4n) is 7.23. The second kappa shape index (κ2) is 15.9. The van der Waals surface area contributed by atoms with Crippen LogP contribution < -0.4 is 10.8 Å². The van der Waals surface area contributed by atoms with Crippen molar-refractivity contribution in [2.75, 3.05) is 10.8 Å². The molecule has 1 aliphatic rings. The topological polar surface area (TPSA) is 157 Å². The van der Waals surface area contributed by atoms with Crippen LogP contribution in [0.25, 0.3) is 32.7 Å². The molecule has 60 heavy (non-hydrogen) atoms. The molecule has 292 valence electrons. The Morgan fingerprint density at radius 2 is 1.23 bits per heavy atom. The number of carbonyl (C=O) groups is 2. The summed E-state index contributed by atoms with van der Waals surface area (Å²) in [7, 11) is 0. The largest absolute Gasteiger partial charge is 0.505 e. The van der Waals surface area contributed by atoms with Gasteiger partial charge in [-0.3, -0.25) is 19.9 Å². The maximum atomic E-state index is 13.9. The van der Waals surface area contributed by atoms with Crippen molar-refractivity contribution in [3.63, 3.8) is 0 Å². The average molecular weight is 809 g/mol. The molecule has 0 saturated heterocycles. The third-order valence-corrected chi connectivity index (χ3v) is 10.5. The second-order valence-corrected chi connectivity index (χ2v) is 14.6. The van der Waals surface area contributed by atoms with Crippen LogP contribution in [0.2, 0.25) is 5.02 Å². The molecule has 0 radical (unpaired) electrons. The third-order valence-electron chi connectivity index (χ3n) is 10.2. The molecule has 8 aromatic rings. The molecule has 0 unspecified atom stereocenters. The van der Waals surface area contributed by atoms with E-state index in [4.69, 9.17) is 16.4 Å². The molecular weight excluding hydrogens is 776 g/mol. The van der Waals surface area contributed by atoms with Crippen molar-refractivity contribution >= 4 is 79.0 Å². The van der Waals surface area contributed by atoms with Crippen LogP contribution in [0.5, 0.6) is 11.5 Å². The average Bonchev–Trinajstić information content (AvgIpc) is 3.53. The Morgan fingerprint density at radius 1 is 0.633 bits per heavy atom. The number of azo groups is 2. The van der Waals surface area contributed by atoms with Crippen molar-refractivity contribution in [2.24, 2.45) is 20.5 Å². The third kappa shape index (κ3) is 7.30. The Bertz CT molecular complexity index is 3110. The highest BCUT2D eigenvalue weighted by molar-refractivity contribution is 6.33. The summed E-state index contributed by atoms with van der Waals surface area (Å²) in [4.78, 5) is 32.9. The lowest BCUT2D eigenvalue weighted by molar-refractivity contribution is 0.102. The number of halogens is 1. The van der Waals surface area contributed by atoms with E-state index in [1.165, 1.54) is 0 Å². The summed E-state index contributed by atoms with van der Waals surface area (Å²) in [6.45, 7) is 1.93. The monoisotopic (exact) mass is 808 g/mol. The number of phenols is 2. The molecular formula is C48H33ClN6O5. The van der Waals surface area contributed by atoms with Gasteiger partial charge in [0, 0.05) is 33.2 Å². The van der Waals surface area contributed by atoms with Crippen molar-refractivity contribution in [3.05, 3.63) is 178 Å². The minimum absolute atomic E-state index is 0.00732. The molecule has 0 atom stereocenters. The first-order chi connectivity index (χ1) is 29.2. The zero-order valence-corrected chi connectivity index (χ0v) is 32.6. The highest BCUT2D eigenvalue weighted by Crippen LogP contribution is 2.44. The smallest absolute Gasteiger partial charge is 0.259 e. The van der Waals surface area contributed by atoms with Gasteiger partial charge in [0.1, 0.15) is 23.7 Å². The van der Waals surface area contributed by atoms with E-state index in [2.05, 4.69) is 31.3 Å². The lowest BCUT2D eigenvalue weighted by Gasteiger charge is -2.12. The molecule has 9 rings (SSSR count). The van der Waals surface area contributed by atoms with Crippen LogP contribution in [0.3, 0.4) is 0 Å². The maximum Gasteiger partial charge on any atom is 0.259 e. The van der Waals surface area contributed by atoms with Gasteiger partial charge in [0.15, 0.2) is 11.5 Å². The number of fused-ring (bicyclic) bond motifs is 5. The Hall–Kier alpha value is -7.73. The fourth-order valence-corrected chi connectivity index (χ4v) is 7.40. The van der Waals surface area contributed by atoms with Crippen molar-refractivity contribution < 1.29 is 24.6 Å². The summed E-state index contributed by atoms with van der Waals surface area (Å²) in [5.41, 5.74) is 9.00. The number of nitrogens with zero attached hydrogens (tertiary/aromatic N) is 4. The minimum atomic E-state index is -0.494. The number of aryl methyl sites for hydroxylation is 1. The summed E-state index contributed by atoms with van der Waals surface area (Å²) in [5.74, 6) is -1.13. The maximum absolute atomic E-state index is 13.9. The Labute approximate surface area is 348 Å². The lowest BCUT2D eigenvalue weighted by Crippen LogP contribution is -2.12. The van der Waals surface area contributed by atoms with Crippen LogP contribution in [0.15, 0.2) is 166 Å². The number of ketones is 1. The number of aromatic hydroxyl groups is 2. The molecule has 12 heteroatoms. The van der Waals surface area contributed by atoms with Gasteiger partial charge in [-0.2, -0.15) is 10.2 Å². The van der Waals surface area contributed by atoms with Gasteiger partial charge in [0.05, 0.1) is 27.6 Å². The summed E-state index contributed by atoms with van der Waals surface area (Å²) in [6.07, 6.45) is 0. The fraction of sp³-hybridized carbons (Fsp3) is 0.0417. The van der Waals surface area contributed by atoms with Gasteiger partial charge in [-0.25, -0.2) is 0 Å². The Kier molecular flexibility index (Phi) is 10.0. The molecule has 1 amide bonds. The van der Waals surface area contributed by atoms with E-state index < -0.39 is 5.91 Å². The molecule has 0 aliphatic heterocycles. The standard InChI is InChI=1S/C48H33ClN6O5/c1-27-9-8-12-31(21-27)50-48(59)40-23-29-11-3-5-14-35(29)44(47(40)58)54-52-33-18-20-37-36-19-17-32(24-38(36)46(57)39(37)25-33)51-53-43-34-13-4-2-10-28(34)22-30(45(43)56)26-60-55-42-16-7-6-15-41(42)49/h2-25,55-56,58H,26H2,1H3,(H,50,59). The van der Waals surface area contributed by atoms with Gasteiger partial charge in [-0.05, 0) is 95.1 Å². The van der Waals surface area contributed by atoms with E-state index in [-0.39, 0.29) is 40.8 Å². The van der Waals surface area contributed by atoms with Gasteiger partial charge in [-0.15, -0.1) is 10.2 Å². The molecule has 0 aromatic heterocycles. The summed E-state index contributed by atoms with van der Waals surface area (Å²) < 4.78 is 0. The molecule has 8 aromatic carbocycles. The molecule has 0 spiro atoms. The zero-order valence-electron chi connectivity index (χ0n) is 31.8. The number of hydrogen-bond acceptors (Lipinski definition) is 10. The summed E-state index contributed by atoms with van der Waals surface area (Å²) in [5, 5.41) is 46.7. The van der Waals surface area contributed by atoms with E-state index in [9.17, 15) is 19.8 Å². The highest BCUT2D eigenvalue weighted by Gasteiger charge is 2.28. The van der Waals surface area contributed by atoms with Gasteiger partial charge in [0.2, 0.25) is 0 Å². The van der Waals surface area contributed by atoms with Crippen LogP contribution in [-0.2, 0) is 11.4 Å². The van der Waals surface area contributed by atoms with E-state index in [0.29, 0.717) is 60.6 Å². The minimum Gasteiger partial charge on any atom is -0.505 e. The van der Waals surface area contributed by atoms with Crippen molar-refractivity contribution in [3.8, 4) is 22.6 Å². The number of benzene rings is 8. The quantitative estimate of drug-likeness (QED) is 0.0795. The lowest BCUT2D eigenvalue weighted by atomic mass is 10.0. The first-order valence-electron chi connectivity index (χ1n) is 18.9. The molecule has 1 aliphatic carbocycles. The van der Waals surface area contributed by atoms with Gasteiger partial charge >= 0.3 is 0 Å². The predicted molar refractivity (Wildman–Crippen MR) is 234 cm³/mol. The molecule has 0 fully saturated rings. The SMILES string of the molecule is Cc1cccc(NC(=O)c2cc3ccccc3c(N=Nc3ccc4c(c3)C(=O)c3cc(N=Nc5c(O)c(CONc6ccccc6Cl)cc6ccccc56)ccc3-4)c2O)c1. The molecule has 0 saturated carbocycles. The van der Waals surface area contributed by atoms with E-state index in [1.807, 2.05) is 91.9 Å². The van der Waals surface area contributed by atoms with Crippen LogP contribution >= 0.6 is 11.6 Å². The van der Waals surface area contributed by atoms with E-state index >= 15 is 0 Å². The first-order valence-corrected chi connectivity index (χ1v) is 19.2. The van der Waals surface area contributed by atoms with Crippen molar-refractivity contribution in [2.45, 2.75) is 13.5 Å². The zero-order chi connectivity index (χ0) is 41.3. The van der Waals surface area contributed by atoms with Crippen LogP contribution in [0, 0.1) is 6.92 Å². The number of anilines is 2. The van der Waals surface area contributed by atoms with Crippen LogP contribution in [0.1, 0.15) is 37.4 Å². The number of nitrogens with one attached hydrogen (secondary N) is 2. The van der Waals surface area contributed by atoms with Crippen molar-refractivity contribution in [1.82, 2.24) is 0 Å². The summed E-state index contributed by atoms with van der Waals surface area (Å²) >= 11 is 6.24. The molecule has 0 bridgehead atoms. The van der Waals surface area contributed by atoms with E-state index in [0.717, 1.165) is 22.1 Å². The van der Waals surface area contributed by atoms with Crippen molar-refractivity contribution in [1.29, 1.82) is 0 Å². The van der Waals surface area contributed by atoms with Crippen LogP contribution in [0.4, 0.5) is 34.1 Å². The number of carbonyl (C=O) groups excluding carboxylic acids is 2. The predicted octanol–water partition coefficient (Wildman–Crippen LogP) is 13.2. The number of rotatable bonds is 10. The molecule has 4 N–H and O–H groups in total. The number of amides is 1. The Balaban J connectivity index is 0.969. The normalized spacial score (nSPS) is 12.1. The Morgan fingerprint density at radius 3 is 1.88 bits per heavy atom. The highest BCUT2D eigenvalue weighted by atomic mass is 35.5. The van der Waals surface area contributed by atoms with Crippen LogP contribution in [-0.4, -0.2) is 21.9 Å². The number of para-hydroxylation sites is 1. The second-order valence-electron chi connectivity index (χ2n) is 14.2. The molecule has 0 heterocycles. The first kappa shape index (κ1) is 37.8. The van der Waals surface area contributed by atoms with Gasteiger partial charge in [0.25, 0.3) is 5.91 Å². The van der Waals surface area contributed by atoms with E-state index in [1.54, 1.807) is 60.7 Å². The number of phenolic OH excluding ortho intramolecular Hbond substituents is 2. The molecule has 11 nitrogen and oxygen atoms in total.